The van der Waals surface area contributed by atoms with Crippen molar-refractivity contribution < 1.29 is 9.13 Å². The number of ether oxygens (including phenoxy) is 1. The molecule has 10 nitrogen and oxygen atoms in total. The van der Waals surface area contributed by atoms with Crippen LogP contribution >= 0.6 is 0 Å². The highest BCUT2D eigenvalue weighted by Gasteiger charge is 2.20. The maximum Gasteiger partial charge on any atom is 0.160 e. The number of piperazine rings is 1. The summed E-state index contributed by atoms with van der Waals surface area (Å²) in [6, 6.07) is 10.9. The molecule has 1 aliphatic rings. The zero-order valence-electron chi connectivity index (χ0n) is 20.5. The van der Waals surface area contributed by atoms with Gasteiger partial charge in [-0.3, -0.25) is 0 Å². The lowest BCUT2D eigenvalue weighted by Crippen LogP contribution is -2.50. The average Bonchev–Trinajstić information content (AvgIpc) is 3.39. The maximum absolute atomic E-state index is 15.2. The van der Waals surface area contributed by atoms with Gasteiger partial charge in [-0.15, -0.1) is 0 Å². The van der Waals surface area contributed by atoms with Crippen molar-refractivity contribution in [3.63, 3.8) is 0 Å². The summed E-state index contributed by atoms with van der Waals surface area (Å²) in [5, 5.41) is 10.7. The van der Waals surface area contributed by atoms with Gasteiger partial charge in [-0.05, 0) is 43.2 Å². The van der Waals surface area contributed by atoms with E-state index in [1.165, 1.54) is 18.7 Å². The first-order chi connectivity index (χ1) is 18.1. The first-order valence-electron chi connectivity index (χ1n) is 12.2. The molecule has 0 saturated carbocycles. The van der Waals surface area contributed by atoms with E-state index in [-0.39, 0.29) is 5.69 Å². The summed E-state index contributed by atoms with van der Waals surface area (Å²) < 4.78 is 22.8. The Morgan fingerprint density at radius 1 is 1.14 bits per heavy atom. The normalized spacial score (nSPS) is 15.9. The highest BCUT2D eigenvalue weighted by atomic mass is 19.1. The summed E-state index contributed by atoms with van der Waals surface area (Å²) in [6.07, 6.45) is 5.70. The van der Waals surface area contributed by atoms with Crippen LogP contribution in [0.3, 0.4) is 0 Å². The van der Waals surface area contributed by atoms with E-state index in [0.717, 1.165) is 37.4 Å². The Hall–Kier alpha value is -4.38. The Balaban J connectivity index is 1.28. The molecule has 0 bridgehead atoms. The molecule has 11 heteroatoms. The number of pyridine rings is 2. The van der Waals surface area contributed by atoms with Gasteiger partial charge in [0.2, 0.25) is 0 Å². The fraction of sp³-hybridized carbons (Fsp3) is 0.269. The Morgan fingerprint density at radius 2 is 2.05 bits per heavy atom. The van der Waals surface area contributed by atoms with Crippen LogP contribution in [0.15, 0.2) is 55.2 Å². The van der Waals surface area contributed by atoms with Gasteiger partial charge in [0.15, 0.2) is 11.5 Å². The molecule has 1 aromatic carbocycles. The van der Waals surface area contributed by atoms with Gasteiger partial charge in [0.1, 0.15) is 41.3 Å². The number of fused-ring (bicyclic) bond motifs is 2. The molecule has 5 heterocycles. The third-order valence-electron chi connectivity index (χ3n) is 6.54. The van der Waals surface area contributed by atoms with E-state index >= 15 is 4.39 Å². The largest absolute Gasteiger partial charge is 0.457 e. The minimum absolute atomic E-state index is 0.276. The Bertz CT molecular complexity index is 1590. The van der Waals surface area contributed by atoms with Crippen LogP contribution in [0.4, 0.5) is 21.7 Å². The van der Waals surface area contributed by atoms with Crippen LogP contribution in [0.1, 0.15) is 18.9 Å². The summed E-state index contributed by atoms with van der Waals surface area (Å²) >= 11 is 0. The van der Waals surface area contributed by atoms with Crippen molar-refractivity contribution >= 4 is 34.0 Å². The van der Waals surface area contributed by atoms with Gasteiger partial charge in [0.05, 0.1) is 11.2 Å². The molecule has 1 atom stereocenters. The maximum atomic E-state index is 15.2. The van der Waals surface area contributed by atoms with Gasteiger partial charge in [0.25, 0.3) is 0 Å². The molecule has 6 rings (SSSR count). The van der Waals surface area contributed by atoms with Crippen molar-refractivity contribution in [2.45, 2.75) is 26.3 Å². The molecular formula is C26H26FN9O. The molecule has 0 unspecified atom stereocenters. The zero-order valence-corrected chi connectivity index (χ0v) is 20.5. The van der Waals surface area contributed by atoms with Crippen LogP contribution < -0.4 is 20.3 Å². The molecule has 4 aromatic heterocycles. The molecule has 1 fully saturated rings. The number of benzene rings is 1. The van der Waals surface area contributed by atoms with Gasteiger partial charge in [-0.25, -0.2) is 28.8 Å². The van der Waals surface area contributed by atoms with Crippen molar-refractivity contribution in [1.82, 2.24) is 34.9 Å². The molecular weight excluding hydrogens is 473 g/mol. The zero-order chi connectivity index (χ0) is 25.4. The van der Waals surface area contributed by atoms with E-state index < -0.39 is 5.82 Å². The number of halogens is 1. The number of hydrogen-bond donors (Lipinski definition) is 2. The third kappa shape index (κ3) is 4.60. The van der Waals surface area contributed by atoms with E-state index in [1.807, 2.05) is 19.1 Å². The topological polar surface area (TPSA) is 105 Å². The predicted octanol–water partition coefficient (Wildman–Crippen LogP) is 4.24. The van der Waals surface area contributed by atoms with Crippen LogP contribution in [-0.4, -0.2) is 55.2 Å². The highest BCUT2D eigenvalue weighted by Crippen LogP contribution is 2.32. The number of anilines is 3. The van der Waals surface area contributed by atoms with Gasteiger partial charge in [0, 0.05) is 44.0 Å². The lowest BCUT2D eigenvalue weighted by Gasteiger charge is -2.34. The summed E-state index contributed by atoms with van der Waals surface area (Å²) in [4.78, 5) is 20.0. The van der Waals surface area contributed by atoms with E-state index in [9.17, 15) is 0 Å². The molecule has 0 spiro atoms. The highest BCUT2D eigenvalue weighted by molar-refractivity contribution is 5.88. The molecule has 1 saturated heterocycles. The lowest BCUT2D eigenvalue weighted by molar-refractivity contribution is 0.445. The summed E-state index contributed by atoms with van der Waals surface area (Å²) in [6.45, 7) is 6.68. The number of nitrogens with one attached hydrogen (secondary N) is 2. The number of rotatable bonds is 6. The van der Waals surface area contributed by atoms with Crippen molar-refractivity contribution in [3.8, 4) is 11.5 Å². The quantitative estimate of drug-likeness (QED) is 0.355. The Morgan fingerprint density at radius 3 is 2.95 bits per heavy atom. The van der Waals surface area contributed by atoms with Crippen molar-refractivity contribution in [2.24, 2.45) is 0 Å². The Labute approximate surface area is 212 Å². The summed E-state index contributed by atoms with van der Waals surface area (Å²) in [5.41, 5.74) is 2.94. The van der Waals surface area contributed by atoms with E-state index in [2.05, 4.69) is 42.5 Å². The summed E-state index contributed by atoms with van der Waals surface area (Å²) in [7, 11) is 0. The number of hydrogen-bond acceptors (Lipinski definition) is 9. The standard InChI is InChI=1S/C26H26FN9O/c1-3-17-13-35(9-7-28-17)23-5-4-20-25(34-23)26(31-14-29-20)33-21-10-16(2)22(12-19(21)27)37-18-6-8-36-24(11-18)30-15-32-36/h4-6,8,10-12,14-15,17,28H,3,7,9,13H2,1-2H3,(H,29,31,33)/t17-/m1/s1. The predicted molar refractivity (Wildman–Crippen MR) is 139 cm³/mol. The van der Waals surface area contributed by atoms with E-state index in [0.29, 0.717) is 40.0 Å². The second-order valence-electron chi connectivity index (χ2n) is 9.01. The number of nitrogens with zero attached hydrogens (tertiary/aromatic N) is 7. The minimum atomic E-state index is -0.472. The molecule has 1 aliphatic heterocycles. The lowest BCUT2D eigenvalue weighted by atomic mass is 10.1. The molecule has 2 N–H and O–H groups in total. The first kappa shape index (κ1) is 23.0. The minimum Gasteiger partial charge on any atom is -0.457 e. The van der Waals surface area contributed by atoms with Crippen LogP contribution in [0.5, 0.6) is 11.5 Å². The van der Waals surface area contributed by atoms with Crippen molar-refractivity contribution in [2.75, 3.05) is 29.9 Å². The molecule has 188 valence electrons. The second-order valence-corrected chi connectivity index (χ2v) is 9.01. The number of aryl methyl sites for hydroxylation is 1. The van der Waals surface area contributed by atoms with Gasteiger partial charge < -0.3 is 20.3 Å². The van der Waals surface area contributed by atoms with Crippen LogP contribution in [-0.2, 0) is 0 Å². The molecule has 5 aromatic rings. The Kier molecular flexibility index (Phi) is 5.97. The van der Waals surface area contributed by atoms with E-state index in [1.54, 1.807) is 28.9 Å². The smallest absolute Gasteiger partial charge is 0.160 e. The SMILES string of the molecule is CC[C@@H]1CN(c2ccc3ncnc(Nc4cc(C)c(Oc5ccn6ncnc6c5)cc4F)c3n2)CCN1. The first-order valence-corrected chi connectivity index (χ1v) is 12.2. The second kappa shape index (κ2) is 9.58. The van der Waals surface area contributed by atoms with Crippen LogP contribution in [0.2, 0.25) is 0 Å². The van der Waals surface area contributed by atoms with E-state index in [4.69, 9.17) is 9.72 Å². The average molecular weight is 500 g/mol. The molecule has 0 radical (unpaired) electrons. The van der Waals surface area contributed by atoms with Crippen LogP contribution in [0, 0.1) is 12.7 Å². The van der Waals surface area contributed by atoms with Crippen molar-refractivity contribution in [3.05, 3.63) is 66.6 Å². The number of aromatic nitrogens is 6. The molecule has 0 amide bonds. The molecule has 37 heavy (non-hydrogen) atoms. The van der Waals surface area contributed by atoms with Crippen molar-refractivity contribution in [1.29, 1.82) is 0 Å². The van der Waals surface area contributed by atoms with Gasteiger partial charge >= 0.3 is 0 Å². The summed E-state index contributed by atoms with van der Waals surface area (Å²) in [5.74, 6) is 1.78. The van der Waals surface area contributed by atoms with Gasteiger partial charge in [-0.2, -0.15) is 5.10 Å². The fourth-order valence-electron chi connectivity index (χ4n) is 4.49. The van der Waals surface area contributed by atoms with Gasteiger partial charge in [-0.1, -0.05) is 6.92 Å². The van der Waals surface area contributed by atoms with Crippen LogP contribution in [0.25, 0.3) is 16.7 Å². The molecule has 0 aliphatic carbocycles. The third-order valence-corrected chi connectivity index (χ3v) is 6.54. The monoisotopic (exact) mass is 499 g/mol. The fourth-order valence-corrected chi connectivity index (χ4v) is 4.49.